The molecular formula is C10H11BrClNO4S. The van der Waals surface area contributed by atoms with Gasteiger partial charge in [-0.3, -0.25) is 4.79 Å². The van der Waals surface area contributed by atoms with Crippen molar-refractivity contribution in [3.05, 3.63) is 27.7 Å². The van der Waals surface area contributed by atoms with Crippen LogP contribution < -0.4 is 4.72 Å². The maximum Gasteiger partial charge on any atom is 0.321 e. The van der Waals surface area contributed by atoms with Crippen molar-refractivity contribution in [2.45, 2.75) is 11.8 Å². The molecule has 1 aromatic rings. The number of esters is 1. The van der Waals surface area contributed by atoms with Gasteiger partial charge in [-0.1, -0.05) is 27.5 Å². The Hall–Kier alpha value is -0.630. The van der Waals surface area contributed by atoms with E-state index >= 15 is 0 Å². The number of carbonyl (C=O) groups excluding carboxylic acids is 1. The van der Waals surface area contributed by atoms with Gasteiger partial charge in [0.05, 0.1) is 11.6 Å². The summed E-state index contributed by atoms with van der Waals surface area (Å²) in [7, 11) is -3.82. The maximum atomic E-state index is 11.9. The van der Waals surface area contributed by atoms with Crippen LogP contribution in [0.15, 0.2) is 27.6 Å². The minimum atomic E-state index is -3.82. The molecule has 1 aromatic carbocycles. The SMILES string of the molecule is CCOC(=O)CNS(=O)(=O)c1ccc(Br)cc1Cl. The molecule has 1 N–H and O–H groups in total. The van der Waals surface area contributed by atoms with E-state index in [4.69, 9.17) is 11.6 Å². The Bertz CT molecular complexity index is 547. The summed E-state index contributed by atoms with van der Waals surface area (Å²) in [5.41, 5.74) is 0. The molecule has 0 heterocycles. The van der Waals surface area contributed by atoms with E-state index in [1.54, 1.807) is 13.0 Å². The Labute approximate surface area is 119 Å². The molecule has 0 amide bonds. The van der Waals surface area contributed by atoms with E-state index in [9.17, 15) is 13.2 Å². The molecule has 0 saturated carbocycles. The predicted molar refractivity (Wildman–Crippen MR) is 71.0 cm³/mol. The van der Waals surface area contributed by atoms with Crippen molar-refractivity contribution in [2.24, 2.45) is 0 Å². The number of ether oxygens (including phenoxy) is 1. The van der Waals surface area contributed by atoms with Crippen LogP contribution in [0.4, 0.5) is 0 Å². The first-order chi connectivity index (χ1) is 8.36. The molecule has 0 spiro atoms. The summed E-state index contributed by atoms with van der Waals surface area (Å²) in [5.74, 6) is -0.644. The van der Waals surface area contributed by atoms with Crippen molar-refractivity contribution in [3.8, 4) is 0 Å². The van der Waals surface area contributed by atoms with E-state index in [1.165, 1.54) is 12.1 Å². The van der Waals surface area contributed by atoms with E-state index in [1.807, 2.05) is 0 Å². The van der Waals surface area contributed by atoms with Crippen LogP contribution >= 0.6 is 27.5 Å². The number of sulfonamides is 1. The van der Waals surface area contributed by atoms with Gasteiger partial charge in [0.2, 0.25) is 10.0 Å². The van der Waals surface area contributed by atoms with Crippen LogP contribution in [0.25, 0.3) is 0 Å². The van der Waals surface area contributed by atoms with Gasteiger partial charge >= 0.3 is 5.97 Å². The van der Waals surface area contributed by atoms with Gasteiger partial charge in [-0.15, -0.1) is 0 Å². The highest BCUT2D eigenvalue weighted by Gasteiger charge is 2.19. The van der Waals surface area contributed by atoms with E-state index < -0.39 is 22.5 Å². The molecule has 0 aromatic heterocycles. The molecule has 100 valence electrons. The number of hydrogen-bond donors (Lipinski definition) is 1. The molecule has 8 heteroatoms. The van der Waals surface area contributed by atoms with Crippen LogP contribution in [0.2, 0.25) is 5.02 Å². The molecule has 0 bridgehead atoms. The second-order valence-electron chi connectivity index (χ2n) is 3.20. The Morgan fingerprint density at radius 1 is 1.50 bits per heavy atom. The minimum Gasteiger partial charge on any atom is -0.465 e. The fourth-order valence-electron chi connectivity index (χ4n) is 1.14. The van der Waals surface area contributed by atoms with Gasteiger partial charge in [-0.05, 0) is 25.1 Å². The Kier molecular flexibility index (Phi) is 5.58. The van der Waals surface area contributed by atoms with Gasteiger partial charge in [0, 0.05) is 4.47 Å². The van der Waals surface area contributed by atoms with E-state index in [0.717, 1.165) is 0 Å². The molecule has 1 rings (SSSR count). The molecule has 0 radical (unpaired) electrons. The molecule has 18 heavy (non-hydrogen) atoms. The van der Waals surface area contributed by atoms with Gasteiger partial charge in [0.25, 0.3) is 0 Å². The quantitative estimate of drug-likeness (QED) is 0.818. The zero-order chi connectivity index (χ0) is 13.8. The topological polar surface area (TPSA) is 72.5 Å². The largest absolute Gasteiger partial charge is 0.465 e. The molecule has 0 fully saturated rings. The first-order valence-corrected chi connectivity index (χ1v) is 7.62. The van der Waals surface area contributed by atoms with Gasteiger partial charge < -0.3 is 4.74 Å². The molecule has 0 aliphatic rings. The van der Waals surface area contributed by atoms with E-state index in [0.29, 0.717) is 4.47 Å². The number of halogens is 2. The number of rotatable bonds is 5. The minimum absolute atomic E-state index is 0.0701. The van der Waals surface area contributed by atoms with Crippen molar-refractivity contribution >= 4 is 43.5 Å². The number of nitrogens with one attached hydrogen (secondary N) is 1. The first kappa shape index (κ1) is 15.4. The van der Waals surface area contributed by atoms with Crippen LogP contribution in [-0.4, -0.2) is 27.5 Å². The zero-order valence-electron chi connectivity index (χ0n) is 9.44. The summed E-state index contributed by atoms with van der Waals surface area (Å²) >= 11 is 9.00. The highest BCUT2D eigenvalue weighted by atomic mass is 79.9. The molecule has 5 nitrogen and oxygen atoms in total. The predicted octanol–water partition coefficient (Wildman–Crippen LogP) is 1.94. The van der Waals surface area contributed by atoms with Crippen LogP contribution in [0, 0.1) is 0 Å². The molecule has 0 saturated heterocycles. The third-order valence-electron chi connectivity index (χ3n) is 1.90. The lowest BCUT2D eigenvalue weighted by atomic mass is 10.4. The molecule has 0 atom stereocenters. The lowest BCUT2D eigenvalue weighted by molar-refractivity contribution is -0.141. The summed E-state index contributed by atoms with van der Waals surface area (Å²) in [6.07, 6.45) is 0. The normalized spacial score (nSPS) is 11.3. The lowest BCUT2D eigenvalue weighted by Gasteiger charge is -2.08. The second kappa shape index (κ2) is 6.51. The number of carbonyl (C=O) groups is 1. The Morgan fingerprint density at radius 2 is 2.17 bits per heavy atom. The standard InChI is InChI=1S/C10H11BrClNO4S/c1-2-17-10(14)6-13-18(15,16)9-4-3-7(11)5-8(9)12/h3-5,13H,2,6H2,1H3. The summed E-state index contributed by atoms with van der Waals surface area (Å²) in [6.45, 7) is 1.40. The summed E-state index contributed by atoms with van der Waals surface area (Å²) in [6, 6.07) is 4.35. The van der Waals surface area contributed by atoms with Gasteiger partial charge in [0.15, 0.2) is 0 Å². The summed E-state index contributed by atoms with van der Waals surface area (Å²) in [5, 5.41) is 0.0701. The van der Waals surface area contributed by atoms with Gasteiger partial charge in [0.1, 0.15) is 11.4 Å². The number of benzene rings is 1. The van der Waals surface area contributed by atoms with Crippen LogP contribution in [0.3, 0.4) is 0 Å². The smallest absolute Gasteiger partial charge is 0.321 e. The molecule has 0 aliphatic heterocycles. The third-order valence-corrected chi connectivity index (χ3v) is 4.27. The lowest BCUT2D eigenvalue weighted by Crippen LogP contribution is -2.30. The van der Waals surface area contributed by atoms with E-state index in [2.05, 4.69) is 25.4 Å². The van der Waals surface area contributed by atoms with Crippen LogP contribution in [-0.2, 0) is 19.6 Å². The first-order valence-electron chi connectivity index (χ1n) is 4.97. The van der Waals surface area contributed by atoms with E-state index in [-0.39, 0.29) is 16.5 Å². The highest BCUT2D eigenvalue weighted by molar-refractivity contribution is 9.10. The Balaban J connectivity index is 2.83. The molecule has 0 aliphatic carbocycles. The monoisotopic (exact) mass is 355 g/mol. The second-order valence-corrected chi connectivity index (χ2v) is 6.26. The zero-order valence-corrected chi connectivity index (χ0v) is 12.6. The van der Waals surface area contributed by atoms with Crippen molar-refractivity contribution in [1.82, 2.24) is 4.72 Å². The van der Waals surface area contributed by atoms with Crippen LogP contribution in [0.1, 0.15) is 6.92 Å². The van der Waals surface area contributed by atoms with Crippen molar-refractivity contribution in [2.75, 3.05) is 13.2 Å². The fraction of sp³-hybridized carbons (Fsp3) is 0.300. The fourth-order valence-corrected chi connectivity index (χ4v) is 3.14. The third kappa shape index (κ3) is 4.24. The average molecular weight is 357 g/mol. The molecule has 0 unspecified atom stereocenters. The Morgan fingerprint density at radius 3 is 2.72 bits per heavy atom. The molecular weight excluding hydrogens is 346 g/mol. The average Bonchev–Trinajstić information content (AvgIpc) is 2.26. The van der Waals surface area contributed by atoms with Gasteiger partial charge in [-0.25, -0.2) is 8.42 Å². The summed E-state index contributed by atoms with van der Waals surface area (Å²) < 4.78 is 31.1. The maximum absolute atomic E-state index is 11.9. The van der Waals surface area contributed by atoms with Crippen molar-refractivity contribution in [1.29, 1.82) is 0 Å². The highest BCUT2D eigenvalue weighted by Crippen LogP contribution is 2.24. The van der Waals surface area contributed by atoms with Gasteiger partial charge in [-0.2, -0.15) is 4.72 Å². The summed E-state index contributed by atoms with van der Waals surface area (Å²) in [4.78, 5) is 11.0. The van der Waals surface area contributed by atoms with Crippen LogP contribution in [0.5, 0.6) is 0 Å². The van der Waals surface area contributed by atoms with Crippen molar-refractivity contribution in [3.63, 3.8) is 0 Å². The van der Waals surface area contributed by atoms with Crippen molar-refractivity contribution < 1.29 is 17.9 Å². The number of hydrogen-bond acceptors (Lipinski definition) is 4.